The molecule has 1 fully saturated rings. The molecule has 0 atom stereocenters. The Hall–Kier alpha value is -2.31. The van der Waals surface area contributed by atoms with Crippen molar-refractivity contribution in [2.45, 2.75) is 6.54 Å². The van der Waals surface area contributed by atoms with E-state index in [4.69, 9.17) is 16.0 Å². The average molecular weight is 362 g/mol. The first-order valence-corrected chi connectivity index (χ1v) is 8.47. The number of furan rings is 1. The van der Waals surface area contributed by atoms with Crippen LogP contribution >= 0.6 is 11.6 Å². The van der Waals surface area contributed by atoms with Crippen molar-refractivity contribution >= 4 is 23.4 Å². The molecule has 1 N–H and O–H groups in total. The zero-order valence-corrected chi connectivity index (χ0v) is 14.8. The van der Waals surface area contributed by atoms with E-state index in [1.807, 2.05) is 41.3 Å². The molecule has 1 aliphatic rings. The summed E-state index contributed by atoms with van der Waals surface area (Å²) in [5, 5.41) is 3.42. The molecule has 7 heteroatoms. The van der Waals surface area contributed by atoms with Gasteiger partial charge in [-0.1, -0.05) is 11.6 Å². The maximum absolute atomic E-state index is 12.3. The van der Waals surface area contributed by atoms with Crippen LogP contribution in [0.3, 0.4) is 0 Å². The van der Waals surface area contributed by atoms with Crippen LogP contribution in [0.25, 0.3) is 11.3 Å². The quantitative estimate of drug-likeness (QED) is 0.884. The molecule has 2 aromatic rings. The van der Waals surface area contributed by atoms with Crippen molar-refractivity contribution in [3.8, 4) is 11.3 Å². The molecule has 0 saturated carbocycles. The minimum absolute atomic E-state index is 0.0413. The van der Waals surface area contributed by atoms with Gasteiger partial charge < -0.3 is 14.6 Å². The van der Waals surface area contributed by atoms with E-state index >= 15 is 0 Å². The minimum atomic E-state index is -0.0425. The van der Waals surface area contributed by atoms with E-state index in [9.17, 15) is 9.59 Å². The number of nitrogens with zero attached hydrogens (tertiary/aromatic N) is 2. The van der Waals surface area contributed by atoms with Crippen LogP contribution in [0.5, 0.6) is 0 Å². The van der Waals surface area contributed by atoms with Crippen LogP contribution in [0.4, 0.5) is 0 Å². The zero-order chi connectivity index (χ0) is 17.8. The van der Waals surface area contributed by atoms with E-state index in [2.05, 4.69) is 5.32 Å². The number of carbonyl (C=O) groups excluding carboxylic acids is 2. The van der Waals surface area contributed by atoms with Crippen LogP contribution < -0.4 is 5.32 Å². The van der Waals surface area contributed by atoms with Gasteiger partial charge in [-0.3, -0.25) is 14.5 Å². The molecule has 132 valence electrons. The number of nitrogens with one attached hydrogen (secondary N) is 1. The van der Waals surface area contributed by atoms with E-state index in [0.717, 1.165) is 11.3 Å². The van der Waals surface area contributed by atoms with Gasteiger partial charge in [0.1, 0.15) is 11.5 Å². The number of piperazine rings is 1. The van der Waals surface area contributed by atoms with Crippen LogP contribution in [0, 0.1) is 0 Å². The Labute approximate surface area is 151 Å². The molecular formula is C18H20ClN3O3. The van der Waals surface area contributed by atoms with Crippen LogP contribution in [-0.2, 0) is 16.1 Å². The van der Waals surface area contributed by atoms with Crippen molar-refractivity contribution in [3.63, 3.8) is 0 Å². The van der Waals surface area contributed by atoms with Gasteiger partial charge in [0, 0.05) is 30.7 Å². The smallest absolute Gasteiger partial charge is 0.236 e. The number of hydrogen-bond donors (Lipinski definition) is 1. The Morgan fingerprint density at radius 2 is 2.04 bits per heavy atom. The van der Waals surface area contributed by atoms with Crippen molar-refractivity contribution in [2.75, 3.05) is 33.2 Å². The van der Waals surface area contributed by atoms with Gasteiger partial charge in [-0.2, -0.15) is 0 Å². The Bertz CT molecular complexity index is 757. The third-order valence-electron chi connectivity index (χ3n) is 4.09. The highest BCUT2D eigenvalue weighted by atomic mass is 35.5. The lowest BCUT2D eigenvalue weighted by atomic mass is 10.2. The summed E-state index contributed by atoms with van der Waals surface area (Å²) in [5.41, 5.74) is 0.934. The number of benzene rings is 1. The molecule has 0 radical (unpaired) electrons. The molecule has 2 amide bonds. The molecule has 0 spiro atoms. The van der Waals surface area contributed by atoms with Gasteiger partial charge in [0.05, 0.1) is 19.6 Å². The Kier molecular flexibility index (Phi) is 5.40. The van der Waals surface area contributed by atoms with Crippen molar-refractivity contribution in [2.24, 2.45) is 0 Å². The molecule has 1 saturated heterocycles. The summed E-state index contributed by atoms with van der Waals surface area (Å²) < 4.78 is 5.82. The monoisotopic (exact) mass is 361 g/mol. The molecule has 0 unspecified atom stereocenters. The van der Waals surface area contributed by atoms with E-state index in [-0.39, 0.29) is 24.9 Å². The Morgan fingerprint density at radius 1 is 1.28 bits per heavy atom. The molecule has 3 rings (SSSR count). The van der Waals surface area contributed by atoms with E-state index < -0.39 is 0 Å². The lowest BCUT2D eigenvalue weighted by Crippen LogP contribution is -2.50. The molecule has 1 aliphatic heterocycles. The Morgan fingerprint density at radius 3 is 2.76 bits per heavy atom. The molecule has 2 heterocycles. The van der Waals surface area contributed by atoms with Gasteiger partial charge >= 0.3 is 0 Å². The van der Waals surface area contributed by atoms with E-state index in [1.165, 1.54) is 0 Å². The summed E-state index contributed by atoms with van der Waals surface area (Å²) in [6.07, 6.45) is 0. The van der Waals surface area contributed by atoms with Crippen molar-refractivity contribution in [1.82, 2.24) is 15.1 Å². The molecule has 1 aromatic carbocycles. The van der Waals surface area contributed by atoms with Crippen LogP contribution in [0.1, 0.15) is 5.76 Å². The number of rotatable bonds is 5. The first kappa shape index (κ1) is 17.5. The molecule has 6 nitrogen and oxygen atoms in total. The highest BCUT2D eigenvalue weighted by Crippen LogP contribution is 2.24. The van der Waals surface area contributed by atoms with Crippen molar-refractivity contribution in [1.29, 1.82) is 0 Å². The van der Waals surface area contributed by atoms with E-state index in [1.54, 1.807) is 11.9 Å². The standard InChI is InChI=1S/C18H20ClN3O3/c1-21(18(24)12-22-9-8-20-17(23)11-22)10-15-6-7-16(25-15)13-2-4-14(19)5-3-13/h2-7H,8-12H2,1H3,(H,20,23). The second-order valence-corrected chi connectivity index (χ2v) is 6.52. The maximum atomic E-state index is 12.3. The van der Waals surface area contributed by atoms with Crippen LogP contribution in [0.2, 0.25) is 5.02 Å². The molecule has 1 aromatic heterocycles. The van der Waals surface area contributed by atoms with Crippen molar-refractivity contribution < 1.29 is 14.0 Å². The number of likely N-dealkylation sites (N-methyl/N-ethyl adjacent to an activating group) is 1. The third kappa shape index (κ3) is 4.61. The summed E-state index contributed by atoms with van der Waals surface area (Å²) in [7, 11) is 1.73. The van der Waals surface area contributed by atoms with E-state index in [0.29, 0.717) is 30.4 Å². The highest BCUT2D eigenvalue weighted by Gasteiger charge is 2.21. The van der Waals surface area contributed by atoms with Crippen LogP contribution in [0.15, 0.2) is 40.8 Å². The molecular weight excluding hydrogens is 342 g/mol. The first-order valence-electron chi connectivity index (χ1n) is 8.09. The lowest BCUT2D eigenvalue weighted by molar-refractivity contribution is -0.133. The fourth-order valence-corrected chi connectivity index (χ4v) is 2.82. The summed E-state index contributed by atoms with van der Waals surface area (Å²) >= 11 is 5.89. The SMILES string of the molecule is CN(Cc1ccc(-c2ccc(Cl)cc2)o1)C(=O)CN1CCNC(=O)C1. The van der Waals surface area contributed by atoms with Gasteiger partial charge in [-0.15, -0.1) is 0 Å². The van der Waals surface area contributed by atoms with Gasteiger partial charge in [0.2, 0.25) is 11.8 Å². The second kappa shape index (κ2) is 7.72. The summed E-state index contributed by atoms with van der Waals surface area (Å²) in [6.45, 7) is 2.15. The highest BCUT2D eigenvalue weighted by molar-refractivity contribution is 6.30. The topological polar surface area (TPSA) is 65.8 Å². The second-order valence-electron chi connectivity index (χ2n) is 6.08. The zero-order valence-electron chi connectivity index (χ0n) is 14.0. The molecule has 25 heavy (non-hydrogen) atoms. The van der Waals surface area contributed by atoms with Gasteiger partial charge in [0.25, 0.3) is 0 Å². The molecule has 0 aliphatic carbocycles. The Balaban J connectivity index is 1.57. The van der Waals surface area contributed by atoms with Crippen molar-refractivity contribution in [3.05, 3.63) is 47.2 Å². The lowest BCUT2D eigenvalue weighted by Gasteiger charge is -2.27. The summed E-state index contributed by atoms with van der Waals surface area (Å²) in [5.74, 6) is 1.36. The minimum Gasteiger partial charge on any atom is -0.459 e. The normalized spacial score (nSPS) is 15.0. The summed E-state index contributed by atoms with van der Waals surface area (Å²) in [6, 6.07) is 11.1. The predicted octanol–water partition coefficient (Wildman–Crippen LogP) is 1.99. The number of hydrogen-bond acceptors (Lipinski definition) is 4. The fraction of sp³-hybridized carbons (Fsp3) is 0.333. The first-order chi connectivity index (χ1) is 12.0. The average Bonchev–Trinajstić information content (AvgIpc) is 3.04. The number of carbonyl (C=O) groups is 2. The molecule has 0 bridgehead atoms. The van der Waals surface area contributed by atoms with Gasteiger partial charge in [-0.05, 0) is 36.4 Å². The predicted molar refractivity (Wildman–Crippen MR) is 95.1 cm³/mol. The largest absolute Gasteiger partial charge is 0.459 e. The maximum Gasteiger partial charge on any atom is 0.236 e. The number of amides is 2. The summed E-state index contributed by atoms with van der Waals surface area (Å²) in [4.78, 5) is 27.2. The van der Waals surface area contributed by atoms with Gasteiger partial charge in [-0.25, -0.2) is 0 Å². The number of halogens is 1. The van der Waals surface area contributed by atoms with Crippen LogP contribution in [-0.4, -0.2) is 54.8 Å². The van der Waals surface area contributed by atoms with Gasteiger partial charge in [0.15, 0.2) is 0 Å². The third-order valence-corrected chi connectivity index (χ3v) is 4.34. The fourth-order valence-electron chi connectivity index (χ4n) is 2.69.